The highest BCUT2D eigenvalue weighted by atomic mass is 16.5. The molecule has 1 aromatic rings. The first-order valence-corrected chi connectivity index (χ1v) is 6.00. The van der Waals surface area contributed by atoms with Crippen LogP contribution >= 0.6 is 0 Å². The lowest BCUT2D eigenvalue weighted by Crippen LogP contribution is -2.24. The number of hydrogen-bond acceptors (Lipinski definition) is 3. The van der Waals surface area contributed by atoms with Crippen molar-refractivity contribution in [3.05, 3.63) is 11.9 Å². The van der Waals surface area contributed by atoms with Crippen LogP contribution in [0.4, 0.5) is 0 Å². The van der Waals surface area contributed by atoms with E-state index in [0.717, 1.165) is 24.4 Å². The van der Waals surface area contributed by atoms with Gasteiger partial charge in [-0.3, -0.25) is 4.68 Å². The second-order valence-electron chi connectivity index (χ2n) is 4.16. The van der Waals surface area contributed by atoms with Gasteiger partial charge in [0.1, 0.15) is 0 Å². The van der Waals surface area contributed by atoms with Crippen LogP contribution < -0.4 is 10.1 Å². The third-order valence-corrected chi connectivity index (χ3v) is 2.70. The molecule has 0 fully saturated rings. The monoisotopic (exact) mass is 225 g/mol. The number of ether oxygens (including phenoxy) is 1. The van der Waals surface area contributed by atoms with E-state index in [4.69, 9.17) is 4.74 Å². The Morgan fingerprint density at radius 1 is 1.44 bits per heavy atom. The second-order valence-corrected chi connectivity index (χ2v) is 4.16. The molecular weight excluding hydrogens is 202 g/mol. The third kappa shape index (κ3) is 2.55. The Hall–Kier alpha value is -1.03. The van der Waals surface area contributed by atoms with E-state index in [1.807, 2.05) is 4.68 Å². The molecule has 1 rings (SSSR count). The average Bonchev–Trinajstić information content (AvgIpc) is 2.69. The molecule has 0 aliphatic rings. The maximum absolute atomic E-state index is 5.38. The van der Waals surface area contributed by atoms with E-state index >= 15 is 0 Å². The minimum absolute atomic E-state index is 0.310. The van der Waals surface area contributed by atoms with Gasteiger partial charge in [-0.15, -0.1) is 0 Å². The molecule has 16 heavy (non-hydrogen) atoms. The van der Waals surface area contributed by atoms with Crippen LogP contribution in [-0.2, 0) is 0 Å². The highest BCUT2D eigenvalue weighted by Gasteiger charge is 2.20. The van der Waals surface area contributed by atoms with E-state index in [-0.39, 0.29) is 0 Å². The summed E-state index contributed by atoms with van der Waals surface area (Å²) in [4.78, 5) is 0. The first kappa shape index (κ1) is 13.0. The van der Waals surface area contributed by atoms with Gasteiger partial charge in [0, 0.05) is 6.04 Å². The van der Waals surface area contributed by atoms with Crippen molar-refractivity contribution >= 4 is 0 Å². The van der Waals surface area contributed by atoms with Crippen molar-refractivity contribution in [3.8, 4) is 5.75 Å². The SMILES string of the molecule is CCNC(CC)c1c(OC)cnn1C(C)C. The van der Waals surface area contributed by atoms with Crippen LogP contribution in [0.15, 0.2) is 6.20 Å². The van der Waals surface area contributed by atoms with E-state index in [1.54, 1.807) is 13.3 Å². The molecule has 1 heterocycles. The molecule has 1 unspecified atom stereocenters. The van der Waals surface area contributed by atoms with Crippen LogP contribution in [-0.4, -0.2) is 23.4 Å². The molecular formula is C12H23N3O. The van der Waals surface area contributed by atoms with Crippen molar-refractivity contribution < 1.29 is 4.74 Å². The van der Waals surface area contributed by atoms with Gasteiger partial charge >= 0.3 is 0 Å². The number of nitrogens with zero attached hydrogens (tertiary/aromatic N) is 2. The molecule has 0 bridgehead atoms. The molecule has 1 atom stereocenters. The summed E-state index contributed by atoms with van der Waals surface area (Å²) in [6.07, 6.45) is 2.83. The number of rotatable bonds is 6. The lowest BCUT2D eigenvalue weighted by molar-refractivity contribution is 0.382. The Morgan fingerprint density at radius 2 is 2.12 bits per heavy atom. The first-order valence-electron chi connectivity index (χ1n) is 6.00. The van der Waals surface area contributed by atoms with Crippen molar-refractivity contribution in [1.82, 2.24) is 15.1 Å². The van der Waals surface area contributed by atoms with E-state index in [0.29, 0.717) is 12.1 Å². The van der Waals surface area contributed by atoms with Gasteiger partial charge in [-0.05, 0) is 26.8 Å². The zero-order chi connectivity index (χ0) is 12.1. The zero-order valence-corrected chi connectivity index (χ0v) is 10.9. The van der Waals surface area contributed by atoms with Crippen molar-refractivity contribution in [3.63, 3.8) is 0 Å². The van der Waals surface area contributed by atoms with Crippen LogP contribution in [0.3, 0.4) is 0 Å². The minimum Gasteiger partial charge on any atom is -0.493 e. The normalized spacial score (nSPS) is 13.1. The Bertz CT molecular complexity index is 320. The van der Waals surface area contributed by atoms with Gasteiger partial charge in [0.2, 0.25) is 0 Å². The third-order valence-electron chi connectivity index (χ3n) is 2.70. The van der Waals surface area contributed by atoms with E-state index < -0.39 is 0 Å². The summed E-state index contributed by atoms with van der Waals surface area (Å²) < 4.78 is 7.42. The highest BCUT2D eigenvalue weighted by molar-refractivity contribution is 5.28. The van der Waals surface area contributed by atoms with E-state index in [2.05, 4.69) is 38.1 Å². The standard InChI is InChI=1S/C12H23N3O/c1-6-10(13-7-2)12-11(16-5)8-14-15(12)9(3)4/h8-10,13H,6-7H2,1-5H3. The van der Waals surface area contributed by atoms with Crippen LogP contribution in [0, 0.1) is 0 Å². The summed E-state index contributed by atoms with van der Waals surface area (Å²) in [5.74, 6) is 0.876. The van der Waals surface area contributed by atoms with Crippen LogP contribution in [0.2, 0.25) is 0 Å². The maximum Gasteiger partial charge on any atom is 0.161 e. The highest BCUT2D eigenvalue weighted by Crippen LogP contribution is 2.29. The Kier molecular flexibility index (Phi) is 4.80. The predicted molar refractivity (Wildman–Crippen MR) is 65.9 cm³/mol. The van der Waals surface area contributed by atoms with Crippen LogP contribution in [0.25, 0.3) is 0 Å². The number of nitrogens with one attached hydrogen (secondary N) is 1. The van der Waals surface area contributed by atoms with Gasteiger partial charge in [0.25, 0.3) is 0 Å². The molecule has 0 saturated carbocycles. The first-order chi connectivity index (χ1) is 7.65. The average molecular weight is 225 g/mol. The lowest BCUT2D eigenvalue weighted by Gasteiger charge is -2.20. The fraction of sp³-hybridized carbons (Fsp3) is 0.750. The lowest BCUT2D eigenvalue weighted by atomic mass is 10.1. The molecule has 0 radical (unpaired) electrons. The fourth-order valence-corrected chi connectivity index (χ4v) is 1.94. The van der Waals surface area contributed by atoms with Gasteiger partial charge in [-0.1, -0.05) is 13.8 Å². The Balaban J connectivity index is 3.09. The molecule has 92 valence electrons. The number of hydrogen-bond donors (Lipinski definition) is 1. The summed E-state index contributed by atoms with van der Waals surface area (Å²) in [7, 11) is 1.70. The molecule has 1 N–H and O–H groups in total. The molecule has 0 amide bonds. The molecule has 4 heteroatoms. The minimum atomic E-state index is 0.310. The van der Waals surface area contributed by atoms with Crippen molar-refractivity contribution in [2.45, 2.75) is 46.2 Å². The zero-order valence-electron chi connectivity index (χ0n) is 10.9. The largest absolute Gasteiger partial charge is 0.493 e. The summed E-state index contributed by atoms with van der Waals surface area (Å²) >= 11 is 0. The molecule has 0 aliphatic heterocycles. The smallest absolute Gasteiger partial charge is 0.161 e. The van der Waals surface area contributed by atoms with E-state index in [9.17, 15) is 0 Å². The number of methoxy groups -OCH3 is 1. The summed E-state index contributed by atoms with van der Waals surface area (Å²) in [5.41, 5.74) is 1.15. The van der Waals surface area contributed by atoms with Crippen LogP contribution in [0.5, 0.6) is 5.75 Å². The van der Waals surface area contributed by atoms with Crippen molar-refractivity contribution in [1.29, 1.82) is 0 Å². The topological polar surface area (TPSA) is 39.1 Å². The summed E-state index contributed by atoms with van der Waals surface area (Å²) in [6.45, 7) is 9.50. The van der Waals surface area contributed by atoms with Crippen molar-refractivity contribution in [2.24, 2.45) is 0 Å². The second kappa shape index (κ2) is 5.89. The van der Waals surface area contributed by atoms with Gasteiger partial charge in [0.15, 0.2) is 5.75 Å². The molecule has 0 spiro atoms. The van der Waals surface area contributed by atoms with Gasteiger partial charge in [0.05, 0.1) is 25.0 Å². The molecule has 4 nitrogen and oxygen atoms in total. The summed E-state index contributed by atoms with van der Waals surface area (Å²) in [5, 5.41) is 7.85. The number of aromatic nitrogens is 2. The fourth-order valence-electron chi connectivity index (χ4n) is 1.94. The molecule has 0 saturated heterocycles. The Labute approximate surface area is 98.0 Å². The molecule has 0 aromatic carbocycles. The van der Waals surface area contributed by atoms with Crippen molar-refractivity contribution in [2.75, 3.05) is 13.7 Å². The summed E-state index contributed by atoms with van der Waals surface area (Å²) in [6, 6.07) is 0.663. The Morgan fingerprint density at radius 3 is 2.56 bits per heavy atom. The maximum atomic E-state index is 5.38. The predicted octanol–water partition coefficient (Wildman–Crippen LogP) is 2.53. The quantitative estimate of drug-likeness (QED) is 0.808. The van der Waals surface area contributed by atoms with Gasteiger partial charge in [-0.2, -0.15) is 5.10 Å². The van der Waals surface area contributed by atoms with Gasteiger partial charge < -0.3 is 10.1 Å². The molecule has 0 aliphatic carbocycles. The van der Waals surface area contributed by atoms with Gasteiger partial charge in [-0.25, -0.2) is 0 Å². The van der Waals surface area contributed by atoms with Crippen LogP contribution in [0.1, 0.15) is 51.9 Å². The molecule has 1 aromatic heterocycles. The van der Waals surface area contributed by atoms with E-state index in [1.165, 1.54) is 0 Å².